The van der Waals surface area contributed by atoms with Crippen molar-refractivity contribution in [3.63, 3.8) is 0 Å². The van der Waals surface area contributed by atoms with Gasteiger partial charge in [0.1, 0.15) is 18.8 Å². The van der Waals surface area contributed by atoms with E-state index in [1.807, 2.05) is 0 Å². The zero-order chi connectivity index (χ0) is 19.2. The number of carbonyl (C=O) groups excluding carboxylic acids is 1. The molecule has 0 aliphatic carbocycles. The molecule has 22 heavy (non-hydrogen) atoms. The van der Waals surface area contributed by atoms with Crippen molar-refractivity contribution in [3.05, 3.63) is 16.9 Å². The van der Waals surface area contributed by atoms with Crippen LogP contribution in [0.2, 0.25) is 0 Å². The van der Waals surface area contributed by atoms with E-state index >= 15 is 0 Å². The molecule has 0 aromatic rings. The number of fused-ring (bicyclic) bond motifs is 1. The van der Waals surface area contributed by atoms with Crippen LogP contribution in [0.25, 0.3) is 0 Å². The van der Waals surface area contributed by atoms with E-state index in [1.54, 1.807) is 6.08 Å². The molecule has 7 heteroatoms. The zero-order valence-corrected chi connectivity index (χ0v) is 12.7. The quantitative estimate of drug-likeness (QED) is 0.277. The van der Waals surface area contributed by atoms with Gasteiger partial charge in [0.15, 0.2) is 5.60 Å². The van der Waals surface area contributed by atoms with Crippen LogP contribution >= 0.6 is 0 Å². The van der Waals surface area contributed by atoms with Gasteiger partial charge in [0.2, 0.25) is 0 Å². The van der Waals surface area contributed by atoms with Crippen molar-refractivity contribution in [2.24, 2.45) is 5.92 Å². The molecular formula is C15H25NO6. The first-order valence-corrected chi connectivity index (χ1v) is 7.36. The zero-order valence-electron chi connectivity index (χ0n) is 15.7. The molecule has 126 valence electrons. The number of hydrogen-bond acceptors (Lipinski definition) is 6. The van der Waals surface area contributed by atoms with E-state index in [4.69, 9.17) is 8.85 Å². The highest BCUT2D eigenvalue weighted by Gasteiger charge is 2.49. The number of carbonyl (C=O) groups is 1. The average molecular weight is 318 g/mol. The van der Waals surface area contributed by atoms with Gasteiger partial charge in [-0.2, -0.15) is 0 Å². The summed E-state index contributed by atoms with van der Waals surface area (Å²) < 4.78 is 26.2. The van der Waals surface area contributed by atoms with Gasteiger partial charge in [-0.05, 0) is 18.8 Å². The SMILES string of the molecule is [2H]C([2H])([2H])[C@H](O)[C@](O)(C(=O)OCC1=CC[N+]2([O-])CC[C@@H](O)[C@@H]12)C(C)C. The van der Waals surface area contributed by atoms with Gasteiger partial charge in [-0.3, -0.25) is 0 Å². The van der Waals surface area contributed by atoms with E-state index < -0.39 is 47.2 Å². The van der Waals surface area contributed by atoms with Crippen LogP contribution in [0.1, 0.15) is 31.2 Å². The number of aliphatic hydroxyl groups excluding tert-OH is 2. The number of nitrogens with zero attached hydrogens (tertiary/aromatic N) is 1. The Bertz CT molecular complexity index is 566. The molecule has 0 bridgehead atoms. The molecule has 2 rings (SSSR count). The Hall–Kier alpha value is -0.990. The van der Waals surface area contributed by atoms with Crippen molar-refractivity contribution in [1.29, 1.82) is 0 Å². The number of aliphatic hydroxyl groups is 3. The minimum atomic E-state index is -2.96. The van der Waals surface area contributed by atoms with Gasteiger partial charge in [0.25, 0.3) is 0 Å². The van der Waals surface area contributed by atoms with Gasteiger partial charge in [0, 0.05) is 16.1 Å². The summed E-state index contributed by atoms with van der Waals surface area (Å²) in [6, 6.07) is -0.715. The third-order valence-electron chi connectivity index (χ3n) is 4.71. The Morgan fingerprint density at radius 2 is 2.36 bits per heavy atom. The average Bonchev–Trinajstić information content (AvgIpc) is 2.99. The Morgan fingerprint density at radius 1 is 1.68 bits per heavy atom. The fourth-order valence-corrected chi connectivity index (χ4v) is 3.18. The molecule has 2 aliphatic rings. The lowest BCUT2D eigenvalue weighted by Crippen LogP contribution is -2.53. The van der Waals surface area contributed by atoms with E-state index in [0.717, 1.165) is 0 Å². The fourth-order valence-electron chi connectivity index (χ4n) is 3.18. The fraction of sp³-hybridized carbons (Fsp3) is 0.800. The predicted octanol–water partition coefficient (Wildman–Crippen LogP) is -0.315. The highest BCUT2D eigenvalue weighted by atomic mass is 16.6. The molecule has 0 amide bonds. The lowest BCUT2D eigenvalue weighted by Gasteiger charge is -2.40. The van der Waals surface area contributed by atoms with Gasteiger partial charge in [-0.1, -0.05) is 13.8 Å². The first kappa shape index (κ1) is 13.4. The molecule has 1 saturated heterocycles. The molecule has 5 atom stereocenters. The Kier molecular flexibility index (Phi) is 3.61. The van der Waals surface area contributed by atoms with Crippen LogP contribution in [0.15, 0.2) is 11.6 Å². The molecule has 2 aliphatic heterocycles. The van der Waals surface area contributed by atoms with E-state index in [2.05, 4.69) is 0 Å². The molecule has 1 unspecified atom stereocenters. The Labute approximate surface area is 134 Å². The molecule has 1 fully saturated rings. The summed E-state index contributed by atoms with van der Waals surface area (Å²) in [5, 5.41) is 42.9. The number of hydroxylamine groups is 3. The van der Waals surface area contributed by atoms with E-state index in [9.17, 15) is 25.3 Å². The van der Waals surface area contributed by atoms with Crippen LogP contribution in [0, 0.1) is 11.1 Å². The number of ether oxygens (including phenoxy) is 1. The molecule has 0 aromatic carbocycles. The van der Waals surface area contributed by atoms with Crippen molar-refractivity contribution in [1.82, 2.24) is 0 Å². The third kappa shape index (κ3) is 2.68. The lowest BCUT2D eigenvalue weighted by molar-refractivity contribution is -0.877. The second-order valence-corrected chi connectivity index (χ2v) is 6.40. The van der Waals surface area contributed by atoms with Crippen molar-refractivity contribution in [2.45, 2.75) is 51.0 Å². The van der Waals surface area contributed by atoms with Gasteiger partial charge < -0.3 is 29.9 Å². The first-order chi connectivity index (χ1) is 11.3. The summed E-state index contributed by atoms with van der Waals surface area (Å²) in [6.07, 6.45) is -1.19. The number of esters is 1. The summed E-state index contributed by atoms with van der Waals surface area (Å²) in [6.45, 7) is -0.0793. The summed E-state index contributed by atoms with van der Waals surface area (Å²) in [4.78, 5) is 12.3. The number of quaternary nitrogens is 1. The molecule has 0 saturated carbocycles. The van der Waals surface area contributed by atoms with Crippen LogP contribution in [0.4, 0.5) is 0 Å². The Morgan fingerprint density at radius 3 is 2.95 bits per heavy atom. The van der Waals surface area contributed by atoms with Crippen LogP contribution < -0.4 is 0 Å². The molecular weight excluding hydrogens is 290 g/mol. The van der Waals surface area contributed by atoms with Crippen molar-refractivity contribution in [2.75, 3.05) is 19.7 Å². The number of rotatable bonds is 5. The normalized spacial score (nSPS) is 37.6. The maximum atomic E-state index is 12.5. The maximum Gasteiger partial charge on any atom is 0.341 e. The molecule has 3 N–H and O–H groups in total. The number of hydrogen-bond donors (Lipinski definition) is 3. The standard InChI is InChI=1S/C15H25NO6/c1-9(2)15(20,10(3)17)14(19)22-8-11-4-6-16(21)7-5-12(18)13(11)16/h4,9-10,12-13,17-18,20H,5-8H2,1-3H3/t10-,12+,13+,15-,16?/m0/s1/i3D3. The molecule has 0 radical (unpaired) electrons. The van der Waals surface area contributed by atoms with Crippen molar-refractivity contribution in [3.8, 4) is 0 Å². The minimum Gasteiger partial charge on any atom is -0.632 e. The molecule has 7 nitrogen and oxygen atoms in total. The van der Waals surface area contributed by atoms with Gasteiger partial charge in [-0.15, -0.1) is 0 Å². The topological polar surface area (TPSA) is 110 Å². The molecule has 0 aromatic heterocycles. The van der Waals surface area contributed by atoms with Crippen molar-refractivity contribution < 1.29 is 33.6 Å². The molecule has 0 spiro atoms. The monoisotopic (exact) mass is 318 g/mol. The second kappa shape index (κ2) is 5.90. The summed E-state index contributed by atoms with van der Waals surface area (Å²) in [5.74, 6) is -2.19. The van der Waals surface area contributed by atoms with Gasteiger partial charge >= 0.3 is 5.97 Å². The van der Waals surface area contributed by atoms with Crippen molar-refractivity contribution >= 4 is 5.97 Å². The summed E-state index contributed by atoms with van der Waals surface area (Å²) in [7, 11) is 0. The predicted molar refractivity (Wildman–Crippen MR) is 78.3 cm³/mol. The first-order valence-electron chi connectivity index (χ1n) is 8.86. The lowest BCUT2D eigenvalue weighted by atomic mass is 9.85. The molecule has 2 heterocycles. The largest absolute Gasteiger partial charge is 0.632 e. The highest BCUT2D eigenvalue weighted by Crippen LogP contribution is 2.36. The minimum absolute atomic E-state index is 0.168. The van der Waals surface area contributed by atoms with Crippen LogP contribution in [0.5, 0.6) is 0 Å². The summed E-state index contributed by atoms with van der Waals surface area (Å²) >= 11 is 0. The third-order valence-corrected chi connectivity index (χ3v) is 4.71. The van der Waals surface area contributed by atoms with Crippen LogP contribution in [-0.2, 0) is 9.53 Å². The van der Waals surface area contributed by atoms with E-state index in [0.29, 0.717) is 12.0 Å². The highest BCUT2D eigenvalue weighted by molar-refractivity contribution is 5.80. The van der Waals surface area contributed by atoms with Crippen LogP contribution in [0.3, 0.4) is 0 Å². The van der Waals surface area contributed by atoms with Crippen LogP contribution in [-0.4, -0.2) is 69.5 Å². The smallest absolute Gasteiger partial charge is 0.341 e. The van der Waals surface area contributed by atoms with E-state index in [1.165, 1.54) is 13.8 Å². The summed E-state index contributed by atoms with van der Waals surface area (Å²) in [5.41, 5.74) is -2.16. The van der Waals surface area contributed by atoms with Gasteiger partial charge in [-0.25, -0.2) is 4.79 Å². The van der Waals surface area contributed by atoms with Gasteiger partial charge in [0.05, 0.1) is 19.2 Å². The second-order valence-electron chi connectivity index (χ2n) is 6.40. The maximum absolute atomic E-state index is 12.5. The Balaban J connectivity index is 2.10. The van der Waals surface area contributed by atoms with E-state index in [-0.39, 0.29) is 19.7 Å².